The van der Waals surface area contributed by atoms with E-state index in [0.717, 1.165) is 5.56 Å². The van der Waals surface area contributed by atoms with Crippen LogP contribution in [-0.2, 0) is 21.0 Å². The fourth-order valence-corrected chi connectivity index (χ4v) is 1.94. The molecule has 2 rings (SSSR count). The van der Waals surface area contributed by atoms with Gasteiger partial charge in [0.1, 0.15) is 0 Å². The van der Waals surface area contributed by atoms with Crippen LogP contribution in [0.2, 0.25) is 0 Å². The van der Waals surface area contributed by atoms with E-state index in [4.69, 9.17) is 4.84 Å². The average Bonchev–Trinajstić information content (AvgIpc) is 2.77. The number of hydrogen-bond donors (Lipinski definition) is 1. The summed E-state index contributed by atoms with van der Waals surface area (Å²) in [6.07, 6.45) is 0.571. The van der Waals surface area contributed by atoms with Crippen LogP contribution >= 0.6 is 0 Å². The molecular weight excluding hydrogens is 260 g/mol. The smallest absolute Gasteiger partial charge is 0.274 e. The van der Waals surface area contributed by atoms with E-state index in [0.29, 0.717) is 12.2 Å². The Kier molecular flexibility index (Phi) is 4.47. The van der Waals surface area contributed by atoms with Crippen LogP contribution in [0.25, 0.3) is 0 Å². The highest BCUT2D eigenvalue weighted by molar-refractivity contribution is 6.01. The van der Waals surface area contributed by atoms with E-state index in [-0.39, 0.29) is 37.1 Å². The van der Waals surface area contributed by atoms with Crippen LogP contribution in [-0.4, -0.2) is 29.2 Å². The zero-order valence-electron chi connectivity index (χ0n) is 11.2. The molecule has 0 unspecified atom stereocenters. The van der Waals surface area contributed by atoms with E-state index in [9.17, 15) is 14.4 Å². The van der Waals surface area contributed by atoms with Crippen molar-refractivity contribution >= 4 is 17.7 Å². The number of benzene rings is 1. The van der Waals surface area contributed by atoms with Gasteiger partial charge in [0.15, 0.2) is 0 Å². The van der Waals surface area contributed by atoms with Crippen molar-refractivity contribution in [1.29, 1.82) is 0 Å². The van der Waals surface area contributed by atoms with Gasteiger partial charge in [0.25, 0.3) is 5.91 Å². The maximum absolute atomic E-state index is 11.6. The Morgan fingerprint density at radius 2 is 1.80 bits per heavy atom. The second-order valence-electron chi connectivity index (χ2n) is 4.43. The van der Waals surface area contributed by atoms with Crippen molar-refractivity contribution in [2.75, 3.05) is 6.61 Å². The molecule has 20 heavy (non-hydrogen) atoms. The van der Waals surface area contributed by atoms with Crippen LogP contribution in [0.5, 0.6) is 0 Å². The summed E-state index contributed by atoms with van der Waals surface area (Å²) in [6, 6.07) is 6.71. The number of carbonyl (C=O) groups is 3. The first-order chi connectivity index (χ1) is 9.61. The molecule has 0 aromatic heterocycles. The Hall–Kier alpha value is -2.21. The quantitative estimate of drug-likeness (QED) is 0.643. The topological polar surface area (TPSA) is 75.7 Å². The molecule has 6 heteroatoms. The van der Waals surface area contributed by atoms with Crippen LogP contribution in [0.3, 0.4) is 0 Å². The first kappa shape index (κ1) is 14.2. The van der Waals surface area contributed by atoms with Crippen molar-refractivity contribution in [3.8, 4) is 0 Å². The van der Waals surface area contributed by atoms with Gasteiger partial charge < -0.3 is 0 Å². The molecule has 0 atom stereocenters. The van der Waals surface area contributed by atoms with Crippen LogP contribution in [0, 0.1) is 0 Å². The molecule has 1 N–H and O–H groups in total. The van der Waals surface area contributed by atoms with Crippen LogP contribution < -0.4 is 5.48 Å². The van der Waals surface area contributed by atoms with Crippen molar-refractivity contribution in [2.45, 2.75) is 26.3 Å². The van der Waals surface area contributed by atoms with Gasteiger partial charge in [-0.25, -0.2) is 5.48 Å². The fourth-order valence-electron chi connectivity index (χ4n) is 1.94. The van der Waals surface area contributed by atoms with Crippen molar-refractivity contribution < 1.29 is 19.2 Å². The summed E-state index contributed by atoms with van der Waals surface area (Å²) < 4.78 is 0. The molecule has 0 spiro atoms. The highest BCUT2D eigenvalue weighted by Gasteiger charge is 2.28. The first-order valence-corrected chi connectivity index (χ1v) is 6.46. The van der Waals surface area contributed by atoms with Gasteiger partial charge in [-0.1, -0.05) is 12.1 Å². The number of hydroxylamine groups is 1. The van der Waals surface area contributed by atoms with E-state index >= 15 is 0 Å². The van der Waals surface area contributed by atoms with Gasteiger partial charge in [-0.05, 0) is 24.6 Å². The molecular formula is C14H16N2O4. The Labute approximate surface area is 116 Å². The summed E-state index contributed by atoms with van der Waals surface area (Å²) in [5, 5.41) is 0. The van der Waals surface area contributed by atoms with Gasteiger partial charge in [-0.15, -0.1) is 0 Å². The van der Waals surface area contributed by atoms with Crippen molar-refractivity contribution in [3.63, 3.8) is 0 Å². The molecule has 3 amide bonds. The Morgan fingerprint density at radius 3 is 2.35 bits per heavy atom. The van der Waals surface area contributed by atoms with Gasteiger partial charge in [-0.3, -0.25) is 24.1 Å². The molecule has 1 aromatic carbocycles. The highest BCUT2D eigenvalue weighted by Crippen LogP contribution is 2.16. The van der Waals surface area contributed by atoms with Gasteiger partial charge in [0.05, 0.1) is 13.2 Å². The molecule has 0 aliphatic carbocycles. The number of nitrogens with one attached hydrogen (secondary N) is 1. The lowest BCUT2D eigenvalue weighted by molar-refractivity contribution is -0.139. The third kappa shape index (κ3) is 3.21. The zero-order valence-corrected chi connectivity index (χ0v) is 11.2. The summed E-state index contributed by atoms with van der Waals surface area (Å²) in [4.78, 5) is 40.7. The van der Waals surface area contributed by atoms with E-state index in [1.54, 1.807) is 31.2 Å². The minimum atomic E-state index is -0.327. The number of hydrogen-bond acceptors (Lipinski definition) is 4. The minimum Gasteiger partial charge on any atom is -0.278 e. The predicted molar refractivity (Wildman–Crippen MR) is 70.3 cm³/mol. The zero-order chi connectivity index (χ0) is 14.5. The Balaban J connectivity index is 1.99. The molecule has 1 saturated heterocycles. The Morgan fingerprint density at radius 1 is 1.20 bits per heavy atom. The van der Waals surface area contributed by atoms with Crippen LogP contribution in [0.4, 0.5) is 0 Å². The van der Waals surface area contributed by atoms with Gasteiger partial charge >= 0.3 is 0 Å². The van der Waals surface area contributed by atoms with E-state index < -0.39 is 0 Å². The molecule has 1 aromatic rings. The van der Waals surface area contributed by atoms with Crippen molar-refractivity contribution in [1.82, 2.24) is 10.4 Å². The second-order valence-corrected chi connectivity index (χ2v) is 4.43. The molecule has 1 aliphatic rings. The normalized spacial score (nSPS) is 14.8. The summed E-state index contributed by atoms with van der Waals surface area (Å²) in [5.74, 6) is -0.618. The first-order valence-electron chi connectivity index (χ1n) is 6.46. The van der Waals surface area contributed by atoms with Crippen LogP contribution in [0.15, 0.2) is 24.3 Å². The number of nitrogens with zero attached hydrogens (tertiary/aromatic N) is 1. The molecule has 0 bridgehead atoms. The number of imide groups is 1. The monoisotopic (exact) mass is 276 g/mol. The molecule has 106 valence electrons. The maximum atomic E-state index is 11.6. The third-order valence-electron chi connectivity index (χ3n) is 3.02. The Bertz CT molecular complexity index is 508. The van der Waals surface area contributed by atoms with Gasteiger partial charge in [0.2, 0.25) is 11.8 Å². The van der Waals surface area contributed by atoms with E-state index in [1.165, 1.54) is 4.90 Å². The number of rotatable bonds is 5. The standard InChI is InChI=1S/C14H16N2O4/c1-2-20-15-14(19)11-5-3-10(4-6-11)9-16-12(17)7-8-13(16)18/h3-6H,2,7-9H2,1H3,(H,15,19). The van der Waals surface area contributed by atoms with Crippen molar-refractivity contribution in [2.24, 2.45) is 0 Å². The lowest BCUT2D eigenvalue weighted by Gasteiger charge is -2.13. The highest BCUT2D eigenvalue weighted by atomic mass is 16.6. The van der Waals surface area contributed by atoms with Crippen LogP contribution in [0.1, 0.15) is 35.7 Å². The lowest BCUT2D eigenvalue weighted by Crippen LogP contribution is -2.28. The number of amides is 3. The molecule has 1 fully saturated rings. The fraction of sp³-hybridized carbons (Fsp3) is 0.357. The lowest BCUT2D eigenvalue weighted by atomic mass is 10.1. The third-order valence-corrected chi connectivity index (χ3v) is 3.02. The number of likely N-dealkylation sites (tertiary alicyclic amines) is 1. The molecule has 1 heterocycles. The summed E-state index contributed by atoms with van der Waals surface area (Å²) in [7, 11) is 0. The minimum absolute atomic E-state index is 0.145. The average molecular weight is 276 g/mol. The summed E-state index contributed by atoms with van der Waals surface area (Å²) in [6.45, 7) is 2.42. The SMILES string of the molecule is CCONC(=O)c1ccc(CN2C(=O)CCC2=O)cc1. The van der Waals surface area contributed by atoms with Gasteiger partial charge in [-0.2, -0.15) is 0 Å². The molecule has 1 aliphatic heterocycles. The van der Waals surface area contributed by atoms with E-state index in [1.807, 2.05) is 0 Å². The second kappa shape index (κ2) is 6.29. The largest absolute Gasteiger partial charge is 0.278 e. The molecule has 6 nitrogen and oxygen atoms in total. The molecule has 0 radical (unpaired) electrons. The number of carbonyl (C=O) groups excluding carboxylic acids is 3. The maximum Gasteiger partial charge on any atom is 0.274 e. The molecule has 0 saturated carbocycles. The summed E-state index contributed by atoms with van der Waals surface area (Å²) >= 11 is 0. The van der Waals surface area contributed by atoms with E-state index in [2.05, 4.69) is 5.48 Å². The summed E-state index contributed by atoms with van der Waals surface area (Å²) in [5.41, 5.74) is 3.56. The van der Waals surface area contributed by atoms with Gasteiger partial charge in [0, 0.05) is 18.4 Å². The predicted octanol–water partition coefficient (Wildman–Crippen LogP) is 1.02. The van der Waals surface area contributed by atoms with Crippen molar-refractivity contribution in [3.05, 3.63) is 35.4 Å².